The smallest absolute Gasteiger partial charge is 0.272 e. The Morgan fingerprint density at radius 1 is 1.07 bits per heavy atom. The van der Waals surface area contributed by atoms with E-state index in [9.17, 15) is 18.0 Å². The van der Waals surface area contributed by atoms with E-state index < -0.39 is 15.9 Å². The molecule has 0 spiro atoms. The lowest BCUT2D eigenvalue weighted by atomic mass is 10.0. The average Bonchev–Trinajstić information content (AvgIpc) is 2.64. The highest BCUT2D eigenvalue weighted by atomic mass is 32.2. The van der Waals surface area contributed by atoms with Crippen molar-refractivity contribution in [3.8, 4) is 5.75 Å². The molecule has 0 aliphatic heterocycles. The largest absolute Gasteiger partial charge is 0.483 e. The maximum atomic E-state index is 12.2. The van der Waals surface area contributed by atoms with Crippen molar-refractivity contribution in [2.24, 2.45) is 0 Å². The van der Waals surface area contributed by atoms with Crippen molar-refractivity contribution in [2.45, 2.75) is 38.5 Å². The van der Waals surface area contributed by atoms with Crippen LogP contribution in [-0.4, -0.2) is 26.7 Å². The third-order valence-electron chi connectivity index (χ3n) is 4.05. The lowest BCUT2D eigenvalue weighted by Gasteiger charge is -2.15. The molecule has 2 N–H and O–H groups in total. The highest BCUT2D eigenvalue weighted by molar-refractivity contribution is 7.89. The van der Waals surface area contributed by atoms with Crippen molar-refractivity contribution in [2.75, 3.05) is 6.61 Å². The van der Waals surface area contributed by atoms with Crippen molar-refractivity contribution in [3.05, 3.63) is 59.2 Å². The van der Waals surface area contributed by atoms with Gasteiger partial charge >= 0.3 is 0 Å². The Bertz CT molecular complexity index is 967. The summed E-state index contributed by atoms with van der Waals surface area (Å²) in [5, 5.41) is 0. The van der Waals surface area contributed by atoms with Gasteiger partial charge in [0.15, 0.2) is 12.4 Å². The molecule has 2 aromatic rings. The zero-order valence-corrected chi connectivity index (χ0v) is 17.1. The van der Waals surface area contributed by atoms with Gasteiger partial charge in [-0.1, -0.05) is 38.1 Å². The third kappa shape index (κ3) is 5.64. The lowest BCUT2D eigenvalue weighted by Crippen LogP contribution is -2.43. The lowest BCUT2D eigenvalue weighted by molar-refractivity contribution is -0.123. The molecule has 2 rings (SSSR count). The van der Waals surface area contributed by atoms with Gasteiger partial charge in [-0.2, -0.15) is 0 Å². The summed E-state index contributed by atoms with van der Waals surface area (Å²) in [6, 6.07) is 11.2. The Hall–Kier alpha value is -2.71. The number of ketones is 1. The molecule has 0 aliphatic rings. The third-order valence-corrected chi connectivity index (χ3v) is 5.31. The number of amides is 1. The first-order chi connectivity index (χ1) is 13.1. The van der Waals surface area contributed by atoms with Crippen LogP contribution in [0.25, 0.3) is 0 Å². The zero-order chi connectivity index (χ0) is 20.9. The number of rotatable bonds is 8. The van der Waals surface area contributed by atoms with Crippen LogP contribution >= 0.6 is 0 Å². The summed E-state index contributed by atoms with van der Waals surface area (Å²) in [6.07, 6.45) is 0. The van der Waals surface area contributed by atoms with Crippen molar-refractivity contribution >= 4 is 21.7 Å². The number of Topliss-reactive ketones (excluding diaryl/α,β-unsaturated/α-hetero) is 1. The molecule has 0 unspecified atom stereocenters. The molecule has 0 fully saturated rings. The van der Waals surface area contributed by atoms with Gasteiger partial charge in [0.2, 0.25) is 0 Å². The van der Waals surface area contributed by atoms with Crippen LogP contribution in [0.4, 0.5) is 0 Å². The Morgan fingerprint density at radius 3 is 2.29 bits per heavy atom. The molecular weight excluding hydrogens is 380 g/mol. The van der Waals surface area contributed by atoms with E-state index >= 15 is 0 Å². The Balaban J connectivity index is 1.97. The molecule has 0 aliphatic carbocycles. The number of benzene rings is 2. The first-order valence-corrected chi connectivity index (χ1v) is 10.2. The topological polar surface area (TPSA) is 102 Å². The fourth-order valence-electron chi connectivity index (χ4n) is 2.47. The van der Waals surface area contributed by atoms with Gasteiger partial charge in [0.25, 0.3) is 15.9 Å². The molecule has 0 heterocycles. The molecule has 0 aromatic heterocycles. The van der Waals surface area contributed by atoms with Gasteiger partial charge in [0.05, 0.1) is 4.90 Å². The number of aryl methyl sites for hydroxylation is 1. The van der Waals surface area contributed by atoms with Gasteiger partial charge < -0.3 is 4.74 Å². The Labute approximate surface area is 165 Å². The molecule has 0 bridgehead atoms. The van der Waals surface area contributed by atoms with Gasteiger partial charge in [-0.05, 0) is 49.1 Å². The van der Waals surface area contributed by atoms with Gasteiger partial charge in [-0.25, -0.2) is 8.42 Å². The zero-order valence-electron chi connectivity index (χ0n) is 16.3. The monoisotopic (exact) mass is 404 g/mol. The molecule has 0 radical (unpaired) electrons. The highest BCUT2D eigenvalue weighted by Gasteiger charge is 2.16. The first kappa shape index (κ1) is 21.6. The van der Waals surface area contributed by atoms with Gasteiger partial charge in [0, 0.05) is 5.56 Å². The molecular formula is C20H24N2O5S. The van der Waals surface area contributed by atoms with Crippen molar-refractivity contribution in [1.82, 2.24) is 10.3 Å². The summed E-state index contributed by atoms with van der Waals surface area (Å²) < 4.78 is 30.0. The normalized spacial score (nSPS) is 11.3. The minimum atomic E-state index is -3.96. The SMILES string of the molecule is CC(=O)c1ccc(S(=O)(=O)NNC(=O)COc2cc(C)ccc2C(C)C)cc1. The fraction of sp³-hybridized carbons (Fsp3) is 0.300. The number of carbonyl (C=O) groups excluding carboxylic acids is 2. The first-order valence-electron chi connectivity index (χ1n) is 8.75. The number of ether oxygens (including phenoxy) is 1. The molecule has 150 valence electrons. The van der Waals surface area contributed by atoms with Crippen LogP contribution < -0.4 is 15.0 Å². The van der Waals surface area contributed by atoms with Crippen LogP contribution in [0.3, 0.4) is 0 Å². The van der Waals surface area contributed by atoms with Crippen LogP contribution in [-0.2, 0) is 14.8 Å². The van der Waals surface area contributed by atoms with E-state index in [2.05, 4.69) is 5.43 Å². The Kier molecular flexibility index (Phi) is 6.93. The second kappa shape index (κ2) is 8.99. The summed E-state index contributed by atoms with van der Waals surface area (Å²) >= 11 is 0. The van der Waals surface area contributed by atoms with Crippen LogP contribution in [0.2, 0.25) is 0 Å². The van der Waals surface area contributed by atoms with Gasteiger partial charge in [-0.15, -0.1) is 4.83 Å². The molecule has 0 saturated heterocycles. The van der Waals surface area contributed by atoms with E-state index in [1.54, 1.807) is 0 Å². The Morgan fingerprint density at radius 2 is 1.71 bits per heavy atom. The van der Waals surface area contributed by atoms with E-state index in [4.69, 9.17) is 4.74 Å². The van der Waals surface area contributed by atoms with E-state index in [0.29, 0.717) is 11.3 Å². The van der Waals surface area contributed by atoms with Crippen molar-refractivity contribution in [3.63, 3.8) is 0 Å². The predicted molar refractivity (Wildman–Crippen MR) is 106 cm³/mol. The molecule has 0 atom stereocenters. The maximum Gasteiger partial charge on any atom is 0.272 e. The van der Waals surface area contributed by atoms with Gasteiger partial charge in [-0.3, -0.25) is 15.0 Å². The number of carbonyl (C=O) groups is 2. The minimum Gasteiger partial charge on any atom is -0.483 e. The van der Waals surface area contributed by atoms with Gasteiger partial charge in [0.1, 0.15) is 5.75 Å². The summed E-state index contributed by atoms with van der Waals surface area (Å²) in [5.41, 5.74) is 4.48. The second-order valence-electron chi connectivity index (χ2n) is 6.72. The predicted octanol–water partition coefficient (Wildman–Crippen LogP) is 2.71. The highest BCUT2D eigenvalue weighted by Crippen LogP contribution is 2.27. The van der Waals surface area contributed by atoms with E-state index in [0.717, 1.165) is 11.1 Å². The number of nitrogens with one attached hydrogen (secondary N) is 2. The average molecular weight is 404 g/mol. The minimum absolute atomic E-state index is 0.0699. The molecule has 7 nitrogen and oxygen atoms in total. The molecule has 0 saturated carbocycles. The molecule has 2 aromatic carbocycles. The standard InChI is InChI=1S/C20H24N2O5S/c1-13(2)18-10-5-14(3)11-19(18)27-12-20(24)21-22-28(25,26)17-8-6-16(7-9-17)15(4)23/h5-11,13,22H,12H2,1-4H3,(H,21,24). The number of hydrogen-bond acceptors (Lipinski definition) is 5. The number of hydrogen-bond donors (Lipinski definition) is 2. The van der Waals surface area contributed by atoms with Crippen LogP contribution in [0.1, 0.15) is 48.2 Å². The molecule has 1 amide bonds. The van der Waals surface area contributed by atoms with Crippen LogP contribution in [0.15, 0.2) is 47.4 Å². The number of sulfonamides is 1. The van der Waals surface area contributed by atoms with Crippen LogP contribution in [0.5, 0.6) is 5.75 Å². The maximum absolute atomic E-state index is 12.2. The van der Waals surface area contributed by atoms with Crippen molar-refractivity contribution in [1.29, 1.82) is 0 Å². The van der Waals surface area contributed by atoms with E-state index in [-0.39, 0.29) is 23.2 Å². The molecule has 8 heteroatoms. The molecule has 28 heavy (non-hydrogen) atoms. The summed E-state index contributed by atoms with van der Waals surface area (Å²) in [4.78, 5) is 25.2. The quantitative estimate of drug-likeness (QED) is 0.520. The van der Waals surface area contributed by atoms with E-state index in [1.807, 2.05) is 43.8 Å². The van der Waals surface area contributed by atoms with Crippen LogP contribution in [0, 0.1) is 6.92 Å². The summed E-state index contributed by atoms with van der Waals surface area (Å²) in [5.74, 6) is 0.00221. The van der Waals surface area contributed by atoms with E-state index in [1.165, 1.54) is 31.2 Å². The van der Waals surface area contributed by atoms with Crippen molar-refractivity contribution < 1.29 is 22.7 Å². The second-order valence-corrected chi connectivity index (χ2v) is 8.40. The summed E-state index contributed by atoms with van der Waals surface area (Å²) in [7, 11) is -3.96. The fourth-order valence-corrected chi connectivity index (χ4v) is 3.34. The summed E-state index contributed by atoms with van der Waals surface area (Å²) in [6.45, 7) is 7.00. The number of hydrazine groups is 1.